The molecule has 15 heteroatoms. The van der Waals surface area contributed by atoms with Crippen molar-refractivity contribution in [3.05, 3.63) is 75.7 Å². The summed E-state index contributed by atoms with van der Waals surface area (Å²) in [5, 5.41) is 15.1. The number of urea groups is 1. The number of fused-ring (bicyclic) bond motifs is 1. The number of hydrogen-bond donors (Lipinski definition) is 1. The first-order valence-corrected chi connectivity index (χ1v) is 13.5. The van der Waals surface area contributed by atoms with Crippen molar-refractivity contribution in [2.24, 2.45) is 0 Å². The molecule has 3 heterocycles. The minimum Gasteiger partial charge on any atom is -0.480 e. The van der Waals surface area contributed by atoms with Crippen molar-refractivity contribution in [2.45, 2.75) is 26.1 Å². The second-order valence-electron chi connectivity index (χ2n) is 10.4. The summed E-state index contributed by atoms with van der Waals surface area (Å²) in [4.78, 5) is 41.7. The monoisotopic (exact) mass is 610 g/mol. The highest BCUT2D eigenvalue weighted by atomic mass is 19.4. The Kier molecular flexibility index (Phi) is 7.88. The predicted octanol–water partition coefficient (Wildman–Crippen LogP) is 6.08. The van der Waals surface area contributed by atoms with Crippen LogP contribution in [0.1, 0.15) is 29.9 Å². The van der Waals surface area contributed by atoms with Crippen molar-refractivity contribution < 1.29 is 27.6 Å². The lowest BCUT2D eigenvalue weighted by atomic mass is 10.0. The van der Waals surface area contributed by atoms with Crippen molar-refractivity contribution in [2.75, 3.05) is 49.4 Å². The molecule has 0 saturated carbocycles. The number of aromatic nitrogens is 3. The molecule has 230 valence electrons. The third kappa shape index (κ3) is 5.85. The van der Waals surface area contributed by atoms with Gasteiger partial charge in [-0.05, 0) is 49.7 Å². The van der Waals surface area contributed by atoms with Gasteiger partial charge in [0.05, 0.1) is 41.0 Å². The minimum atomic E-state index is -4.76. The van der Waals surface area contributed by atoms with Gasteiger partial charge in [-0.25, -0.2) is 19.7 Å². The zero-order valence-corrected chi connectivity index (χ0v) is 24.5. The highest BCUT2D eigenvalue weighted by molar-refractivity contribution is 5.96. The van der Waals surface area contributed by atoms with Crippen LogP contribution in [0.3, 0.4) is 0 Å². The number of nitrogens with zero attached hydrogens (tertiary/aromatic N) is 7. The number of non-ortho nitro benzene ring substituents is 1. The third-order valence-electron chi connectivity index (χ3n) is 7.42. The average molecular weight is 611 g/mol. The number of carbonyl (C=O) groups is 1. The highest BCUT2D eigenvalue weighted by Crippen LogP contribution is 2.37. The molecule has 0 spiro atoms. The van der Waals surface area contributed by atoms with Gasteiger partial charge in [0.2, 0.25) is 5.88 Å². The Balaban J connectivity index is 1.51. The number of pyridine rings is 1. The van der Waals surface area contributed by atoms with Crippen LogP contribution in [0, 0.1) is 17.0 Å². The molecule has 44 heavy (non-hydrogen) atoms. The Hall–Kier alpha value is -5.21. The molecular weight excluding hydrogens is 581 g/mol. The summed E-state index contributed by atoms with van der Waals surface area (Å²) in [5.74, 6) is 1.07. The van der Waals surface area contributed by atoms with Gasteiger partial charge in [0.1, 0.15) is 17.3 Å². The van der Waals surface area contributed by atoms with E-state index in [-0.39, 0.29) is 11.6 Å². The average Bonchev–Trinajstić information content (AvgIpc) is 3.32. The summed E-state index contributed by atoms with van der Waals surface area (Å²) in [5.41, 5.74) is 0.774. The lowest BCUT2D eigenvalue weighted by molar-refractivity contribution is -0.385. The van der Waals surface area contributed by atoms with Gasteiger partial charge < -0.3 is 19.9 Å². The summed E-state index contributed by atoms with van der Waals surface area (Å²) < 4.78 is 46.0. The number of benzene rings is 2. The molecule has 0 unspecified atom stereocenters. The van der Waals surface area contributed by atoms with Crippen LogP contribution in [0.25, 0.3) is 10.9 Å². The van der Waals surface area contributed by atoms with Gasteiger partial charge >= 0.3 is 12.2 Å². The van der Waals surface area contributed by atoms with E-state index in [4.69, 9.17) is 4.74 Å². The Morgan fingerprint density at radius 1 is 1.11 bits per heavy atom. The molecule has 1 saturated heterocycles. The van der Waals surface area contributed by atoms with Crippen molar-refractivity contribution in [1.29, 1.82) is 0 Å². The summed E-state index contributed by atoms with van der Waals surface area (Å²) in [6.45, 7) is 4.33. The Morgan fingerprint density at radius 3 is 2.50 bits per heavy atom. The van der Waals surface area contributed by atoms with Gasteiger partial charge in [0.25, 0.3) is 5.69 Å². The van der Waals surface area contributed by atoms with Crippen LogP contribution in [0.5, 0.6) is 5.88 Å². The number of aryl methyl sites for hydroxylation is 1. The van der Waals surface area contributed by atoms with Crippen LogP contribution < -0.4 is 19.9 Å². The van der Waals surface area contributed by atoms with Crippen LogP contribution in [-0.2, 0) is 6.18 Å². The van der Waals surface area contributed by atoms with Crippen molar-refractivity contribution in [3.63, 3.8) is 0 Å². The van der Waals surface area contributed by atoms with E-state index in [2.05, 4.69) is 20.3 Å². The standard InChI is InChI=1S/C29H29F3N8O4/c1-16(18-10-19(29(30,31)32)12-21(11-18)40(42)43)34-26-23-13-20(6-7-24(23)35-17(2)36-26)38(4)22-14-25(27(44-5)33-15-22)39-9-8-37(3)28(39)41/h6-7,10-16H,8-9H2,1-5H3,(H,34,35,36)/t16-/m1/s1. The number of methoxy groups -OCH3 is 1. The summed E-state index contributed by atoms with van der Waals surface area (Å²) in [6, 6.07) is 8.82. The van der Waals surface area contributed by atoms with E-state index < -0.39 is 28.4 Å². The molecule has 0 aliphatic carbocycles. The van der Waals surface area contributed by atoms with Gasteiger partial charge in [0.15, 0.2) is 0 Å². The van der Waals surface area contributed by atoms with E-state index in [1.54, 1.807) is 49.0 Å². The number of carbonyl (C=O) groups excluding carboxylic acids is 1. The van der Waals surface area contributed by atoms with Crippen LogP contribution in [0.15, 0.2) is 48.7 Å². The number of alkyl halides is 3. The van der Waals surface area contributed by atoms with Gasteiger partial charge in [-0.3, -0.25) is 15.0 Å². The van der Waals surface area contributed by atoms with Crippen molar-refractivity contribution in [1.82, 2.24) is 19.9 Å². The largest absolute Gasteiger partial charge is 0.480 e. The molecule has 1 atom stereocenters. The van der Waals surface area contributed by atoms with Gasteiger partial charge in [0, 0.05) is 50.4 Å². The van der Waals surface area contributed by atoms with Crippen LogP contribution in [-0.4, -0.2) is 65.1 Å². The molecule has 5 rings (SSSR count). The number of hydrogen-bond acceptors (Lipinski definition) is 9. The molecular formula is C29H29F3N8O4. The lowest BCUT2D eigenvalue weighted by Gasteiger charge is -2.24. The molecule has 0 radical (unpaired) electrons. The second-order valence-corrected chi connectivity index (χ2v) is 10.4. The zero-order chi connectivity index (χ0) is 31.9. The van der Waals surface area contributed by atoms with Crippen LogP contribution in [0.2, 0.25) is 0 Å². The van der Waals surface area contributed by atoms with E-state index in [9.17, 15) is 28.1 Å². The molecule has 2 aromatic carbocycles. The molecule has 1 N–H and O–H groups in total. The van der Waals surface area contributed by atoms with E-state index in [1.165, 1.54) is 7.11 Å². The van der Waals surface area contributed by atoms with Gasteiger partial charge in [-0.1, -0.05) is 0 Å². The molecule has 12 nitrogen and oxygen atoms in total. The first kappa shape index (κ1) is 30.3. The van der Waals surface area contributed by atoms with Crippen LogP contribution >= 0.6 is 0 Å². The fourth-order valence-corrected chi connectivity index (χ4v) is 4.98. The summed E-state index contributed by atoms with van der Waals surface area (Å²) in [7, 11) is 5.02. The number of nitro benzene ring substituents is 1. The number of anilines is 4. The highest BCUT2D eigenvalue weighted by Gasteiger charge is 2.33. The Labute approximate surface area is 250 Å². The fraction of sp³-hybridized carbons (Fsp3) is 0.310. The predicted molar refractivity (Wildman–Crippen MR) is 159 cm³/mol. The molecule has 2 aromatic heterocycles. The first-order valence-electron chi connectivity index (χ1n) is 13.5. The normalized spacial score (nSPS) is 14.2. The van der Waals surface area contributed by atoms with E-state index in [1.807, 2.05) is 24.1 Å². The second kappa shape index (κ2) is 11.5. The number of rotatable bonds is 8. The summed E-state index contributed by atoms with van der Waals surface area (Å²) in [6.07, 6.45) is -3.14. The lowest BCUT2D eigenvalue weighted by Crippen LogP contribution is -2.29. The quantitative estimate of drug-likeness (QED) is 0.186. The molecule has 2 amide bonds. The maximum absolute atomic E-state index is 13.5. The minimum absolute atomic E-state index is 0.0724. The smallest absolute Gasteiger partial charge is 0.416 e. The van der Waals surface area contributed by atoms with Gasteiger partial charge in [-0.2, -0.15) is 13.2 Å². The zero-order valence-electron chi connectivity index (χ0n) is 24.5. The van der Waals surface area contributed by atoms with E-state index in [0.717, 1.165) is 12.1 Å². The number of amides is 2. The molecule has 4 aromatic rings. The summed E-state index contributed by atoms with van der Waals surface area (Å²) >= 11 is 0. The third-order valence-corrected chi connectivity index (χ3v) is 7.42. The Bertz CT molecular complexity index is 1770. The Morgan fingerprint density at radius 2 is 1.86 bits per heavy atom. The number of nitrogens with one attached hydrogen (secondary N) is 1. The number of halogens is 3. The maximum atomic E-state index is 13.5. The van der Waals surface area contributed by atoms with E-state index in [0.29, 0.717) is 64.6 Å². The van der Waals surface area contributed by atoms with E-state index >= 15 is 0 Å². The molecule has 0 bridgehead atoms. The maximum Gasteiger partial charge on any atom is 0.416 e. The van der Waals surface area contributed by atoms with Gasteiger partial charge in [-0.15, -0.1) is 0 Å². The molecule has 1 fully saturated rings. The number of nitro groups is 1. The first-order chi connectivity index (χ1) is 20.8. The number of likely N-dealkylation sites (N-methyl/N-ethyl adjacent to an activating group) is 1. The molecule has 1 aliphatic heterocycles. The van der Waals surface area contributed by atoms with Crippen molar-refractivity contribution >= 4 is 45.5 Å². The molecule has 1 aliphatic rings. The van der Waals surface area contributed by atoms with Crippen LogP contribution in [0.4, 0.5) is 46.5 Å². The number of ether oxygens (including phenoxy) is 1. The van der Waals surface area contributed by atoms with Crippen molar-refractivity contribution in [3.8, 4) is 5.88 Å². The SMILES string of the molecule is COc1ncc(N(C)c2ccc3nc(C)nc(N[C@H](C)c4cc([N+](=O)[O-])cc(C(F)(F)F)c4)c3c2)cc1N1CCN(C)C1=O. The fourth-order valence-electron chi connectivity index (χ4n) is 4.98. The topological polar surface area (TPSA) is 130 Å².